The highest BCUT2D eigenvalue weighted by Gasteiger charge is 2.35. The van der Waals surface area contributed by atoms with Crippen molar-refractivity contribution in [3.8, 4) is 0 Å². The molecule has 2 aliphatic heterocycles. The highest BCUT2D eigenvalue weighted by Crippen LogP contribution is 2.27. The van der Waals surface area contributed by atoms with E-state index in [1.165, 1.54) is 0 Å². The van der Waals surface area contributed by atoms with E-state index in [4.69, 9.17) is 4.74 Å². The molecule has 0 spiro atoms. The average Bonchev–Trinajstić information content (AvgIpc) is 3.02. The molecule has 134 valence electrons. The van der Waals surface area contributed by atoms with Crippen molar-refractivity contribution in [1.29, 1.82) is 0 Å². The number of nitrogens with zero attached hydrogens (tertiary/aromatic N) is 3. The second kappa shape index (κ2) is 8.07. The van der Waals surface area contributed by atoms with Gasteiger partial charge in [-0.3, -0.25) is 9.89 Å². The molecule has 0 saturated carbocycles. The Morgan fingerprint density at radius 1 is 1.38 bits per heavy atom. The molecule has 0 aromatic carbocycles. The predicted molar refractivity (Wildman–Crippen MR) is 90.7 cm³/mol. The standard InChI is InChI=1S/C17H29N5O2/c1-3-7-22-8-4-14(16-18-12(2)20-21-16)15(11-22)19-17(23)13-5-9-24-10-6-13/h13-15H,3-11H2,1-2H3,(H,19,23)(H,18,20,21)/t14-,15+/m0/s1. The van der Waals surface area contributed by atoms with Gasteiger partial charge in [-0.25, -0.2) is 4.98 Å². The quantitative estimate of drug-likeness (QED) is 0.845. The average molecular weight is 335 g/mol. The first-order valence-corrected chi connectivity index (χ1v) is 9.16. The summed E-state index contributed by atoms with van der Waals surface area (Å²) in [5, 5.41) is 10.6. The van der Waals surface area contributed by atoms with Crippen LogP contribution in [0.3, 0.4) is 0 Å². The van der Waals surface area contributed by atoms with E-state index < -0.39 is 0 Å². The smallest absolute Gasteiger partial charge is 0.223 e. The van der Waals surface area contributed by atoms with E-state index in [2.05, 4.69) is 32.3 Å². The van der Waals surface area contributed by atoms with Gasteiger partial charge >= 0.3 is 0 Å². The molecule has 3 heterocycles. The minimum Gasteiger partial charge on any atom is -0.381 e. The van der Waals surface area contributed by atoms with Gasteiger partial charge in [-0.15, -0.1) is 0 Å². The number of aryl methyl sites for hydroxylation is 1. The molecule has 0 radical (unpaired) electrons. The zero-order chi connectivity index (χ0) is 16.9. The number of H-pyrrole nitrogens is 1. The Morgan fingerprint density at radius 3 is 2.83 bits per heavy atom. The first-order chi connectivity index (χ1) is 11.7. The van der Waals surface area contributed by atoms with Crippen molar-refractivity contribution in [3.63, 3.8) is 0 Å². The van der Waals surface area contributed by atoms with E-state index >= 15 is 0 Å². The van der Waals surface area contributed by atoms with Crippen LogP contribution in [0, 0.1) is 12.8 Å². The Bertz CT molecular complexity index is 541. The molecule has 2 aliphatic rings. The molecule has 7 nitrogen and oxygen atoms in total. The molecule has 0 unspecified atom stereocenters. The predicted octanol–water partition coefficient (Wildman–Crippen LogP) is 1.22. The maximum absolute atomic E-state index is 12.7. The van der Waals surface area contributed by atoms with E-state index in [1.807, 2.05) is 6.92 Å². The summed E-state index contributed by atoms with van der Waals surface area (Å²) >= 11 is 0. The van der Waals surface area contributed by atoms with Gasteiger partial charge in [0, 0.05) is 31.6 Å². The van der Waals surface area contributed by atoms with Gasteiger partial charge in [-0.1, -0.05) is 6.92 Å². The number of rotatable bonds is 5. The molecular weight excluding hydrogens is 306 g/mol. The first-order valence-electron chi connectivity index (χ1n) is 9.16. The number of hydrogen-bond acceptors (Lipinski definition) is 5. The Morgan fingerprint density at radius 2 is 2.17 bits per heavy atom. The normalized spacial score (nSPS) is 26.4. The highest BCUT2D eigenvalue weighted by atomic mass is 16.5. The molecule has 2 N–H and O–H groups in total. The second-order valence-corrected chi connectivity index (χ2v) is 6.98. The van der Waals surface area contributed by atoms with E-state index in [9.17, 15) is 4.79 Å². The monoisotopic (exact) mass is 335 g/mol. The topological polar surface area (TPSA) is 83.1 Å². The maximum atomic E-state index is 12.7. The van der Waals surface area contributed by atoms with Gasteiger partial charge in [0.15, 0.2) is 5.82 Å². The molecule has 1 amide bonds. The number of carbonyl (C=O) groups excluding carboxylic acids is 1. The van der Waals surface area contributed by atoms with Crippen molar-refractivity contribution >= 4 is 5.91 Å². The lowest BCUT2D eigenvalue weighted by Gasteiger charge is -2.38. The number of nitrogens with one attached hydrogen (secondary N) is 2. The fourth-order valence-electron chi connectivity index (χ4n) is 3.78. The summed E-state index contributed by atoms with van der Waals surface area (Å²) < 4.78 is 5.37. The number of aromatic amines is 1. The Balaban J connectivity index is 1.69. The summed E-state index contributed by atoms with van der Waals surface area (Å²) in [5.74, 6) is 2.09. The molecule has 3 rings (SSSR count). The fourth-order valence-corrected chi connectivity index (χ4v) is 3.78. The molecule has 2 saturated heterocycles. The summed E-state index contributed by atoms with van der Waals surface area (Å²) in [6.07, 6.45) is 3.75. The van der Waals surface area contributed by atoms with E-state index in [0.29, 0.717) is 13.2 Å². The van der Waals surface area contributed by atoms with Crippen molar-refractivity contribution in [2.75, 3.05) is 32.8 Å². The molecule has 2 atom stereocenters. The van der Waals surface area contributed by atoms with Crippen molar-refractivity contribution in [2.45, 2.75) is 51.5 Å². The van der Waals surface area contributed by atoms with Crippen molar-refractivity contribution in [3.05, 3.63) is 11.6 Å². The Hall–Kier alpha value is -1.47. The summed E-state index contributed by atoms with van der Waals surface area (Å²) in [6.45, 7) is 8.47. The zero-order valence-corrected chi connectivity index (χ0v) is 14.8. The van der Waals surface area contributed by atoms with Gasteiger partial charge in [-0.05, 0) is 45.7 Å². The summed E-state index contributed by atoms with van der Waals surface area (Å²) in [7, 11) is 0. The van der Waals surface area contributed by atoms with E-state index in [0.717, 1.165) is 57.0 Å². The number of hydrogen-bond donors (Lipinski definition) is 2. The minimum atomic E-state index is 0.0785. The summed E-state index contributed by atoms with van der Waals surface area (Å²) in [5.41, 5.74) is 0. The molecule has 24 heavy (non-hydrogen) atoms. The molecule has 1 aromatic rings. The van der Waals surface area contributed by atoms with Crippen LogP contribution >= 0.6 is 0 Å². The van der Waals surface area contributed by atoms with Gasteiger partial charge in [0.05, 0.1) is 6.04 Å². The van der Waals surface area contributed by atoms with Crippen LogP contribution in [0.5, 0.6) is 0 Å². The molecule has 0 aliphatic carbocycles. The third-order valence-corrected chi connectivity index (χ3v) is 5.10. The van der Waals surface area contributed by atoms with Crippen LogP contribution in [-0.4, -0.2) is 64.9 Å². The second-order valence-electron chi connectivity index (χ2n) is 6.98. The van der Waals surface area contributed by atoms with Crippen molar-refractivity contribution < 1.29 is 9.53 Å². The van der Waals surface area contributed by atoms with Crippen LogP contribution in [0.1, 0.15) is 50.2 Å². The molecule has 7 heteroatoms. The van der Waals surface area contributed by atoms with Gasteiger partial charge in [0.2, 0.25) is 5.91 Å². The lowest BCUT2D eigenvalue weighted by atomic mass is 9.89. The molecule has 2 fully saturated rings. The first kappa shape index (κ1) is 17.4. The molecular formula is C17H29N5O2. The van der Waals surface area contributed by atoms with Gasteiger partial charge in [0.25, 0.3) is 0 Å². The number of aromatic nitrogens is 3. The SMILES string of the molecule is CCCN1CC[C@H](c2n[nH]c(C)n2)[C@H](NC(=O)C2CCOCC2)C1. The van der Waals surface area contributed by atoms with Crippen LogP contribution < -0.4 is 5.32 Å². The van der Waals surface area contributed by atoms with E-state index in [1.54, 1.807) is 0 Å². The fraction of sp³-hybridized carbons (Fsp3) is 0.824. The lowest BCUT2D eigenvalue weighted by molar-refractivity contribution is -0.129. The van der Waals surface area contributed by atoms with Gasteiger partial charge in [-0.2, -0.15) is 5.10 Å². The van der Waals surface area contributed by atoms with Crippen molar-refractivity contribution in [1.82, 2.24) is 25.4 Å². The van der Waals surface area contributed by atoms with E-state index in [-0.39, 0.29) is 23.8 Å². The number of amides is 1. The van der Waals surface area contributed by atoms with Crippen molar-refractivity contribution in [2.24, 2.45) is 5.92 Å². The van der Waals surface area contributed by atoms with Crippen LogP contribution in [-0.2, 0) is 9.53 Å². The lowest BCUT2D eigenvalue weighted by Crippen LogP contribution is -2.53. The van der Waals surface area contributed by atoms with Gasteiger partial charge in [0.1, 0.15) is 5.82 Å². The number of piperidine rings is 1. The zero-order valence-electron chi connectivity index (χ0n) is 14.8. The molecule has 0 bridgehead atoms. The minimum absolute atomic E-state index is 0.0785. The Kier molecular flexibility index (Phi) is 5.84. The largest absolute Gasteiger partial charge is 0.381 e. The highest BCUT2D eigenvalue weighted by molar-refractivity contribution is 5.79. The van der Waals surface area contributed by atoms with Crippen LogP contribution in [0.15, 0.2) is 0 Å². The number of carbonyl (C=O) groups is 1. The Labute approximate surface area is 143 Å². The maximum Gasteiger partial charge on any atom is 0.223 e. The third kappa shape index (κ3) is 4.13. The number of likely N-dealkylation sites (tertiary alicyclic amines) is 1. The third-order valence-electron chi connectivity index (χ3n) is 5.10. The summed E-state index contributed by atoms with van der Waals surface area (Å²) in [6, 6.07) is 0.0795. The van der Waals surface area contributed by atoms with Crippen LogP contribution in [0.25, 0.3) is 0 Å². The van der Waals surface area contributed by atoms with Crippen LogP contribution in [0.4, 0.5) is 0 Å². The van der Waals surface area contributed by atoms with Gasteiger partial charge < -0.3 is 15.0 Å². The summed E-state index contributed by atoms with van der Waals surface area (Å²) in [4.78, 5) is 19.6. The molecule has 1 aromatic heterocycles. The number of ether oxygens (including phenoxy) is 1. The van der Waals surface area contributed by atoms with Crippen LogP contribution in [0.2, 0.25) is 0 Å².